The molecule has 0 aromatic heterocycles. The topological polar surface area (TPSA) is 84.3 Å². The number of carbonyl (C=O) groups is 1. The summed E-state index contributed by atoms with van der Waals surface area (Å²) in [6.07, 6.45) is 0.254. The lowest BCUT2D eigenvalue weighted by atomic mass is 10.0. The molecule has 2 N–H and O–H groups in total. The fourth-order valence-corrected chi connectivity index (χ4v) is 2.76. The molecule has 1 heterocycles. The van der Waals surface area contributed by atoms with E-state index in [1.807, 2.05) is 18.2 Å². The van der Waals surface area contributed by atoms with Crippen molar-refractivity contribution in [1.82, 2.24) is 0 Å². The van der Waals surface area contributed by atoms with Gasteiger partial charge in [0.05, 0.1) is 28.8 Å². The zero-order chi connectivity index (χ0) is 15.7. The van der Waals surface area contributed by atoms with Crippen molar-refractivity contribution in [2.24, 2.45) is 0 Å². The van der Waals surface area contributed by atoms with Gasteiger partial charge in [-0.1, -0.05) is 28.1 Å². The van der Waals surface area contributed by atoms with Crippen LogP contribution in [0.2, 0.25) is 0 Å². The van der Waals surface area contributed by atoms with E-state index in [0.29, 0.717) is 5.69 Å². The molecule has 1 atom stereocenters. The van der Waals surface area contributed by atoms with Crippen molar-refractivity contribution in [3.8, 4) is 0 Å². The van der Waals surface area contributed by atoms with Gasteiger partial charge in [-0.25, -0.2) is 0 Å². The second-order valence-electron chi connectivity index (χ2n) is 4.99. The third-order valence-electron chi connectivity index (χ3n) is 3.48. The summed E-state index contributed by atoms with van der Waals surface area (Å²) in [6.45, 7) is 0. The van der Waals surface area contributed by atoms with Crippen molar-refractivity contribution in [2.45, 2.75) is 12.5 Å². The van der Waals surface area contributed by atoms with Crippen LogP contribution in [0, 0.1) is 10.1 Å². The molecule has 0 radical (unpaired) electrons. The number of anilines is 2. The van der Waals surface area contributed by atoms with E-state index >= 15 is 0 Å². The van der Waals surface area contributed by atoms with Crippen LogP contribution in [0.25, 0.3) is 0 Å². The number of amides is 1. The van der Waals surface area contributed by atoms with E-state index in [2.05, 4.69) is 26.6 Å². The van der Waals surface area contributed by atoms with E-state index < -0.39 is 4.92 Å². The average molecular weight is 362 g/mol. The van der Waals surface area contributed by atoms with Crippen LogP contribution < -0.4 is 10.6 Å². The fourth-order valence-electron chi connectivity index (χ4n) is 2.40. The van der Waals surface area contributed by atoms with Crippen molar-refractivity contribution in [3.63, 3.8) is 0 Å². The molecule has 1 aliphatic heterocycles. The molecule has 1 amide bonds. The smallest absolute Gasteiger partial charge is 0.269 e. The first-order valence-electron chi connectivity index (χ1n) is 6.63. The molecule has 3 rings (SSSR count). The zero-order valence-corrected chi connectivity index (χ0v) is 13.0. The molecule has 0 saturated heterocycles. The highest BCUT2D eigenvalue weighted by atomic mass is 79.9. The van der Waals surface area contributed by atoms with Crippen LogP contribution in [0.15, 0.2) is 46.9 Å². The molecule has 22 heavy (non-hydrogen) atoms. The summed E-state index contributed by atoms with van der Waals surface area (Å²) in [4.78, 5) is 22.3. The lowest BCUT2D eigenvalue weighted by Crippen LogP contribution is -2.15. The highest BCUT2D eigenvalue weighted by Crippen LogP contribution is 2.34. The van der Waals surface area contributed by atoms with Gasteiger partial charge in [0.15, 0.2) is 0 Å². The Bertz CT molecular complexity index is 746. The van der Waals surface area contributed by atoms with E-state index in [1.165, 1.54) is 12.1 Å². The Balaban J connectivity index is 1.92. The Kier molecular flexibility index (Phi) is 3.81. The molecule has 7 heteroatoms. The van der Waals surface area contributed by atoms with Crippen molar-refractivity contribution in [2.75, 3.05) is 10.6 Å². The molecule has 0 fully saturated rings. The summed E-state index contributed by atoms with van der Waals surface area (Å²) in [6, 6.07) is 11.6. The second-order valence-corrected chi connectivity index (χ2v) is 5.90. The molecule has 0 aliphatic carbocycles. The molecule has 112 valence electrons. The number of non-ortho nitro benzene ring substituents is 1. The first-order valence-corrected chi connectivity index (χ1v) is 7.42. The number of nitro benzene ring substituents is 1. The quantitative estimate of drug-likeness (QED) is 0.628. The van der Waals surface area contributed by atoms with Crippen molar-refractivity contribution in [1.29, 1.82) is 0 Å². The minimum Gasteiger partial charge on any atom is -0.376 e. The van der Waals surface area contributed by atoms with Gasteiger partial charge >= 0.3 is 0 Å². The fraction of sp³-hybridized carbons (Fsp3) is 0.133. The number of benzene rings is 2. The molecule has 2 aromatic carbocycles. The molecular formula is C15H12BrN3O3. The summed E-state index contributed by atoms with van der Waals surface area (Å²) in [7, 11) is 0. The lowest BCUT2D eigenvalue weighted by Gasteiger charge is -2.17. The van der Waals surface area contributed by atoms with Gasteiger partial charge < -0.3 is 10.6 Å². The lowest BCUT2D eigenvalue weighted by molar-refractivity contribution is -0.384. The van der Waals surface area contributed by atoms with Gasteiger partial charge in [-0.3, -0.25) is 14.9 Å². The number of fused-ring (bicyclic) bond motifs is 1. The number of halogens is 1. The monoisotopic (exact) mass is 361 g/mol. The van der Waals surface area contributed by atoms with Gasteiger partial charge in [-0.15, -0.1) is 0 Å². The van der Waals surface area contributed by atoms with E-state index in [9.17, 15) is 14.9 Å². The molecule has 0 unspecified atom stereocenters. The van der Waals surface area contributed by atoms with Crippen LogP contribution in [0.1, 0.15) is 18.0 Å². The summed E-state index contributed by atoms with van der Waals surface area (Å²) >= 11 is 3.37. The SMILES string of the molecule is O=C1C[C@@H](c2ccc([N+](=O)[O-])cc2)Nc2ccc(Br)cc2N1. The van der Waals surface area contributed by atoms with Gasteiger partial charge in [0, 0.05) is 16.6 Å². The number of hydrogen-bond donors (Lipinski definition) is 2. The molecule has 0 bridgehead atoms. The largest absolute Gasteiger partial charge is 0.376 e. The minimum atomic E-state index is -0.441. The van der Waals surface area contributed by atoms with Crippen LogP contribution in [0.4, 0.5) is 17.1 Å². The molecule has 0 saturated carbocycles. The molecule has 6 nitrogen and oxygen atoms in total. The van der Waals surface area contributed by atoms with Crippen molar-refractivity contribution in [3.05, 3.63) is 62.6 Å². The maximum atomic E-state index is 12.0. The normalized spacial score (nSPS) is 17.0. The van der Waals surface area contributed by atoms with Crippen molar-refractivity contribution < 1.29 is 9.72 Å². The maximum absolute atomic E-state index is 12.0. The first-order chi connectivity index (χ1) is 10.5. The average Bonchev–Trinajstić information content (AvgIpc) is 2.65. The molecule has 1 aliphatic rings. The number of carbonyl (C=O) groups excluding carboxylic acids is 1. The summed E-state index contributed by atoms with van der Waals surface area (Å²) in [5.74, 6) is -0.104. The maximum Gasteiger partial charge on any atom is 0.269 e. The molecular weight excluding hydrogens is 350 g/mol. The minimum absolute atomic E-state index is 0.0335. The van der Waals surface area contributed by atoms with Gasteiger partial charge in [0.1, 0.15) is 0 Å². The highest BCUT2D eigenvalue weighted by molar-refractivity contribution is 9.10. The Morgan fingerprint density at radius 3 is 2.55 bits per heavy atom. The van der Waals surface area contributed by atoms with E-state index in [1.54, 1.807) is 12.1 Å². The highest BCUT2D eigenvalue weighted by Gasteiger charge is 2.22. The van der Waals surface area contributed by atoms with E-state index in [4.69, 9.17) is 0 Å². The van der Waals surface area contributed by atoms with Crippen molar-refractivity contribution >= 4 is 38.9 Å². The second kappa shape index (κ2) is 5.76. The first kappa shape index (κ1) is 14.5. The van der Waals surface area contributed by atoms with Crippen LogP contribution in [0.3, 0.4) is 0 Å². The Morgan fingerprint density at radius 1 is 1.14 bits per heavy atom. The Hall–Kier alpha value is -2.41. The van der Waals surface area contributed by atoms with Crippen LogP contribution in [-0.2, 0) is 4.79 Å². The predicted molar refractivity (Wildman–Crippen MR) is 86.8 cm³/mol. The Labute approximate surface area is 134 Å². The number of rotatable bonds is 2. The van der Waals surface area contributed by atoms with Gasteiger partial charge in [0.25, 0.3) is 5.69 Å². The predicted octanol–water partition coefficient (Wildman–Crippen LogP) is 3.85. The van der Waals surface area contributed by atoms with E-state index in [0.717, 1.165) is 15.7 Å². The number of nitrogens with one attached hydrogen (secondary N) is 2. The van der Waals surface area contributed by atoms with Crippen LogP contribution in [-0.4, -0.2) is 10.8 Å². The standard InChI is InChI=1S/C15H12BrN3O3/c16-10-3-6-12-14(7-10)18-15(20)8-13(17-12)9-1-4-11(5-2-9)19(21)22/h1-7,13,17H,8H2,(H,18,20)/t13-/m0/s1. The third kappa shape index (κ3) is 2.94. The van der Waals surface area contributed by atoms with Gasteiger partial charge in [-0.05, 0) is 23.8 Å². The van der Waals surface area contributed by atoms with Gasteiger partial charge in [-0.2, -0.15) is 0 Å². The summed E-state index contributed by atoms with van der Waals surface area (Å²) in [5.41, 5.74) is 2.39. The van der Waals surface area contributed by atoms with Gasteiger partial charge in [0.2, 0.25) is 5.91 Å². The van der Waals surface area contributed by atoms with Crippen LogP contribution >= 0.6 is 15.9 Å². The Morgan fingerprint density at radius 2 is 1.86 bits per heavy atom. The number of nitrogens with zero attached hydrogens (tertiary/aromatic N) is 1. The summed E-state index contributed by atoms with van der Waals surface area (Å²) < 4.78 is 0.877. The molecule has 2 aromatic rings. The number of hydrogen-bond acceptors (Lipinski definition) is 4. The molecule has 0 spiro atoms. The summed E-state index contributed by atoms with van der Waals surface area (Å²) in [5, 5.41) is 16.9. The third-order valence-corrected chi connectivity index (χ3v) is 3.97. The number of nitro groups is 1. The van der Waals surface area contributed by atoms with E-state index in [-0.39, 0.29) is 24.1 Å². The zero-order valence-electron chi connectivity index (χ0n) is 11.4. The van der Waals surface area contributed by atoms with Crippen LogP contribution in [0.5, 0.6) is 0 Å².